The lowest BCUT2D eigenvalue weighted by Crippen LogP contribution is -2.43. The smallest absolute Gasteiger partial charge is 0.220 e. The summed E-state index contributed by atoms with van der Waals surface area (Å²) in [7, 11) is 0. The van der Waals surface area contributed by atoms with Crippen molar-refractivity contribution in [1.29, 1.82) is 0 Å². The zero-order chi connectivity index (χ0) is 16.5. The Morgan fingerprint density at radius 1 is 1.26 bits per heavy atom. The molecule has 1 aromatic rings. The molecule has 1 fully saturated rings. The van der Waals surface area contributed by atoms with Gasteiger partial charge in [0, 0.05) is 26.1 Å². The molecule has 1 atom stereocenters. The van der Waals surface area contributed by atoms with E-state index < -0.39 is 0 Å². The largest absolute Gasteiger partial charge is 0.494 e. The fourth-order valence-electron chi connectivity index (χ4n) is 2.83. The van der Waals surface area contributed by atoms with Gasteiger partial charge < -0.3 is 14.8 Å². The molecule has 2 rings (SSSR count). The van der Waals surface area contributed by atoms with Crippen molar-refractivity contribution in [3.8, 4) is 5.75 Å². The van der Waals surface area contributed by atoms with E-state index in [1.165, 1.54) is 5.56 Å². The molecule has 23 heavy (non-hydrogen) atoms. The second-order valence-electron chi connectivity index (χ2n) is 5.72. The summed E-state index contributed by atoms with van der Waals surface area (Å²) in [6.45, 7) is 8.57. The number of nitrogens with zero attached hydrogens (tertiary/aromatic N) is 1. The van der Waals surface area contributed by atoms with Crippen LogP contribution in [0.25, 0.3) is 0 Å². The third-order valence-corrected chi connectivity index (χ3v) is 4.03. The maximum absolute atomic E-state index is 11.8. The van der Waals surface area contributed by atoms with Gasteiger partial charge in [0.15, 0.2) is 0 Å². The Balaban J connectivity index is 2.06. The fraction of sp³-hybridized carbons (Fsp3) is 0.611. The number of amides is 1. The molecule has 1 heterocycles. The van der Waals surface area contributed by atoms with E-state index in [9.17, 15) is 4.79 Å². The van der Waals surface area contributed by atoms with Crippen LogP contribution in [0.3, 0.4) is 0 Å². The van der Waals surface area contributed by atoms with Crippen molar-refractivity contribution in [1.82, 2.24) is 10.2 Å². The number of hydrogen-bond donors (Lipinski definition) is 1. The van der Waals surface area contributed by atoms with E-state index in [4.69, 9.17) is 9.47 Å². The topological polar surface area (TPSA) is 50.8 Å². The van der Waals surface area contributed by atoms with Crippen LogP contribution in [0.5, 0.6) is 5.75 Å². The Morgan fingerprint density at radius 2 is 1.96 bits per heavy atom. The van der Waals surface area contributed by atoms with Crippen molar-refractivity contribution in [3.05, 3.63) is 29.8 Å². The molecule has 0 bridgehead atoms. The average Bonchev–Trinajstić information content (AvgIpc) is 2.58. The maximum atomic E-state index is 11.8. The van der Waals surface area contributed by atoms with Gasteiger partial charge >= 0.3 is 0 Å². The van der Waals surface area contributed by atoms with Gasteiger partial charge in [0.2, 0.25) is 5.91 Å². The van der Waals surface area contributed by atoms with Crippen molar-refractivity contribution < 1.29 is 14.3 Å². The minimum atomic E-state index is 0.122. The summed E-state index contributed by atoms with van der Waals surface area (Å²) in [6.07, 6.45) is 1.45. The predicted molar refractivity (Wildman–Crippen MR) is 90.7 cm³/mol. The van der Waals surface area contributed by atoms with Crippen LogP contribution in [0.1, 0.15) is 38.3 Å². The number of morpholine rings is 1. The van der Waals surface area contributed by atoms with Crippen LogP contribution in [0.15, 0.2) is 24.3 Å². The summed E-state index contributed by atoms with van der Waals surface area (Å²) in [4.78, 5) is 14.2. The Hall–Kier alpha value is -1.59. The Morgan fingerprint density at radius 3 is 2.57 bits per heavy atom. The van der Waals surface area contributed by atoms with Crippen molar-refractivity contribution in [3.63, 3.8) is 0 Å². The molecule has 1 N–H and O–H groups in total. The Bertz CT molecular complexity index is 470. The minimum Gasteiger partial charge on any atom is -0.494 e. The summed E-state index contributed by atoms with van der Waals surface area (Å²) in [5.41, 5.74) is 1.20. The molecule has 0 spiro atoms. The molecule has 1 amide bonds. The molecule has 1 aliphatic heterocycles. The van der Waals surface area contributed by atoms with Crippen LogP contribution in [0.4, 0.5) is 0 Å². The highest BCUT2D eigenvalue weighted by molar-refractivity contribution is 5.75. The average molecular weight is 320 g/mol. The molecule has 1 aliphatic rings. The van der Waals surface area contributed by atoms with Gasteiger partial charge in [-0.25, -0.2) is 0 Å². The minimum absolute atomic E-state index is 0.122. The standard InChI is InChI=1S/C18H28N2O3/c1-3-5-18(21)19-14-17(20-10-12-22-13-11-20)15-6-8-16(9-7-15)23-4-2/h6-9,17H,3-5,10-14H2,1-2H3,(H,19,21). The molecule has 128 valence electrons. The molecule has 1 unspecified atom stereocenters. The zero-order valence-corrected chi connectivity index (χ0v) is 14.2. The second kappa shape index (κ2) is 9.53. The number of ether oxygens (including phenoxy) is 2. The van der Waals surface area contributed by atoms with Gasteiger partial charge in [0.25, 0.3) is 0 Å². The highest BCUT2D eigenvalue weighted by Gasteiger charge is 2.23. The summed E-state index contributed by atoms with van der Waals surface area (Å²) >= 11 is 0. The monoisotopic (exact) mass is 320 g/mol. The Kier molecular flexibility index (Phi) is 7.36. The first-order valence-corrected chi connectivity index (χ1v) is 8.55. The van der Waals surface area contributed by atoms with E-state index in [1.54, 1.807) is 0 Å². The van der Waals surface area contributed by atoms with E-state index in [0.29, 0.717) is 19.6 Å². The summed E-state index contributed by atoms with van der Waals surface area (Å²) in [5.74, 6) is 1.00. The van der Waals surface area contributed by atoms with Crippen LogP contribution >= 0.6 is 0 Å². The number of hydrogen-bond acceptors (Lipinski definition) is 4. The van der Waals surface area contributed by atoms with Gasteiger partial charge in [0.05, 0.1) is 25.9 Å². The number of benzene rings is 1. The van der Waals surface area contributed by atoms with Crippen LogP contribution in [0, 0.1) is 0 Å². The first kappa shape index (κ1) is 17.8. The summed E-state index contributed by atoms with van der Waals surface area (Å²) < 4.78 is 11.0. The van der Waals surface area contributed by atoms with Crippen molar-refractivity contribution >= 4 is 5.91 Å². The van der Waals surface area contributed by atoms with Crippen LogP contribution in [-0.4, -0.2) is 50.3 Å². The Labute approximate surface area is 139 Å². The van der Waals surface area contributed by atoms with Gasteiger partial charge in [-0.05, 0) is 31.0 Å². The first-order chi connectivity index (χ1) is 11.2. The molecular weight excluding hydrogens is 292 g/mol. The predicted octanol–water partition coefficient (Wildman–Crippen LogP) is 2.37. The van der Waals surface area contributed by atoms with Crippen molar-refractivity contribution in [2.24, 2.45) is 0 Å². The van der Waals surface area contributed by atoms with Gasteiger partial charge in [-0.3, -0.25) is 9.69 Å². The van der Waals surface area contributed by atoms with E-state index in [0.717, 1.165) is 38.5 Å². The quantitative estimate of drug-likeness (QED) is 0.799. The number of rotatable bonds is 8. The molecule has 0 saturated carbocycles. The molecule has 1 aromatic carbocycles. The number of carbonyl (C=O) groups is 1. The molecule has 0 aromatic heterocycles. The second-order valence-corrected chi connectivity index (χ2v) is 5.72. The van der Waals surface area contributed by atoms with Gasteiger partial charge in [-0.2, -0.15) is 0 Å². The third kappa shape index (κ3) is 5.52. The molecule has 0 radical (unpaired) electrons. The molecule has 5 nitrogen and oxygen atoms in total. The van der Waals surface area contributed by atoms with Crippen LogP contribution < -0.4 is 10.1 Å². The van der Waals surface area contributed by atoms with Gasteiger partial charge in [-0.1, -0.05) is 19.1 Å². The molecule has 5 heteroatoms. The normalized spacial score (nSPS) is 16.8. The van der Waals surface area contributed by atoms with Crippen LogP contribution in [-0.2, 0) is 9.53 Å². The van der Waals surface area contributed by atoms with Gasteiger partial charge in [0.1, 0.15) is 5.75 Å². The van der Waals surface area contributed by atoms with Gasteiger partial charge in [-0.15, -0.1) is 0 Å². The molecule has 0 aliphatic carbocycles. The van der Waals surface area contributed by atoms with Crippen LogP contribution in [0.2, 0.25) is 0 Å². The fourth-order valence-corrected chi connectivity index (χ4v) is 2.83. The lowest BCUT2D eigenvalue weighted by Gasteiger charge is -2.35. The van der Waals surface area contributed by atoms with E-state index in [1.807, 2.05) is 26.0 Å². The lowest BCUT2D eigenvalue weighted by atomic mass is 10.0. The molecular formula is C18H28N2O3. The maximum Gasteiger partial charge on any atom is 0.220 e. The summed E-state index contributed by atoms with van der Waals surface area (Å²) in [5, 5.41) is 3.07. The van der Waals surface area contributed by atoms with E-state index in [2.05, 4.69) is 22.3 Å². The zero-order valence-electron chi connectivity index (χ0n) is 14.2. The summed E-state index contributed by atoms with van der Waals surface area (Å²) in [6, 6.07) is 8.37. The van der Waals surface area contributed by atoms with Crippen molar-refractivity contribution in [2.45, 2.75) is 32.7 Å². The number of nitrogens with one attached hydrogen (secondary N) is 1. The van der Waals surface area contributed by atoms with E-state index >= 15 is 0 Å². The highest BCUT2D eigenvalue weighted by Crippen LogP contribution is 2.23. The SMILES string of the molecule is CCCC(=O)NCC(c1ccc(OCC)cc1)N1CCOCC1. The molecule has 1 saturated heterocycles. The highest BCUT2D eigenvalue weighted by atomic mass is 16.5. The number of carbonyl (C=O) groups excluding carboxylic acids is 1. The van der Waals surface area contributed by atoms with E-state index in [-0.39, 0.29) is 11.9 Å². The van der Waals surface area contributed by atoms with Crippen molar-refractivity contribution in [2.75, 3.05) is 39.5 Å². The third-order valence-electron chi connectivity index (χ3n) is 4.03. The lowest BCUT2D eigenvalue weighted by molar-refractivity contribution is -0.121. The first-order valence-electron chi connectivity index (χ1n) is 8.55.